The van der Waals surface area contributed by atoms with Gasteiger partial charge in [-0.05, 0) is 31.0 Å². The maximum atomic E-state index is 13.9. The molecule has 1 fully saturated rings. The first-order valence-electron chi connectivity index (χ1n) is 6.85. The van der Waals surface area contributed by atoms with E-state index in [4.69, 9.17) is 11.6 Å². The molecular weight excluding hydrogens is 297 g/mol. The minimum atomic E-state index is -0.680. The maximum absolute atomic E-state index is 13.9. The number of methoxy groups -OCH3 is 1. The van der Waals surface area contributed by atoms with Crippen LogP contribution >= 0.6 is 11.6 Å². The average Bonchev–Trinajstić information content (AvgIpc) is 2.97. The molecule has 0 aromatic heterocycles. The Kier molecular flexibility index (Phi) is 5.17. The molecule has 1 aliphatic carbocycles. The highest BCUT2D eigenvalue weighted by molar-refractivity contribution is 6.30. The number of amides is 1. The van der Waals surface area contributed by atoms with Gasteiger partial charge in [-0.1, -0.05) is 24.4 Å². The largest absolute Gasteiger partial charge is 0.468 e. The Balaban J connectivity index is 2.26. The summed E-state index contributed by atoms with van der Waals surface area (Å²) < 4.78 is 18.5. The lowest BCUT2D eigenvalue weighted by molar-refractivity contribution is -0.141. The second kappa shape index (κ2) is 6.89. The third-order valence-electron chi connectivity index (χ3n) is 3.71. The lowest BCUT2D eigenvalue weighted by Gasteiger charge is -2.28. The molecule has 4 nitrogen and oxygen atoms in total. The van der Waals surface area contributed by atoms with Gasteiger partial charge in [0.25, 0.3) is 5.91 Å². The number of halogens is 2. The van der Waals surface area contributed by atoms with Gasteiger partial charge in [-0.3, -0.25) is 9.59 Å². The standard InChI is InChI=1S/C15H17ClFNO3/c1-21-14(19)9-18(11-4-2-3-5-11)15(20)12-7-6-10(16)8-13(12)17/h6-8,11H,2-5,9H2,1H3. The molecular formula is C15H17ClFNO3. The summed E-state index contributed by atoms with van der Waals surface area (Å²) in [5, 5.41) is 0.226. The monoisotopic (exact) mass is 313 g/mol. The number of benzene rings is 1. The highest BCUT2D eigenvalue weighted by Crippen LogP contribution is 2.26. The number of carbonyl (C=O) groups is 2. The van der Waals surface area contributed by atoms with Gasteiger partial charge < -0.3 is 9.64 Å². The van der Waals surface area contributed by atoms with Crippen molar-refractivity contribution in [2.24, 2.45) is 0 Å². The van der Waals surface area contributed by atoms with Crippen molar-refractivity contribution in [3.63, 3.8) is 0 Å². The zero-order valence-corrected chi connectivity index (χ0v) is 12.5. The molecule has 114 valence electrons. The van der Waals surface area contributed by atoms with Gasteiger partial charge in [-0.15, -0.1) is 0 Å². The fourth-order valence-corrected chi connectivity index (χ4v) is 2.76. The van der Waals surface area contributed by atoms with Gasteiger partial charge in [-0.2, -0.15) is 0 Å². The van der Waals surface area contributed by atoms with E-state index in [0.717, 1.165) is 31.7 Å². The first kappa shape index (κ1) is 15.8. The first-order chi connectivity index (χ1) is 10.0. The van der Waals surface area contributed by atoms with E-state index in [-0.39, 0.29) is 23.2 Å². The van der Waals surface area contributed by atoms with Crippen LogP contribution in [0.4, 0.5) is 4.39 Å². The molecule has 0 aliphatic heterocycles. The van der Waals surface area contributed by atoms with E-state index in [9.17, 15) is 14.0 Å². The molecule has 0 radical (unpaired) electrons. The van der Waals surface area contributed by atoms with Gasteiger partial charge in [0, 0.05) is 11.1 Å². The summed E-state index contributed by atoms with van der Waals surface area (Å²) in [7, 11) is 1.27. The lowest BCUT2D eigenvalue weighted by Crippen LogP contribution is -2.43. The first-order valence-corrected chi connectivity index (χ1v) is 7.23. The molecule has 0 bridgehead atoms. The number of carbonyl (C=O) groups excluding carboxylic acids is 2. The predicted octanol–water partition coefficient (Wildman–Crippen LogP) is 3.04. The Labute approximate surface area is 127 Å². The fraction of sp³-hybridized carbons (Fsp3) is 0.467. The van der Waals surface area contributed by atoms with Gasteiger partial charge in [-0.25, -0.2) is 4.39 Å². The molecule has 0 unspecified atom stereocenters. The number of hydrogen-bond acceptors (Lipinski definition) is 3. The van der Waals surface area contributed by atoms with Crippen LogP contribution in [0.1, 0.15) is 36.0 Å². The van der Waals surface area contributed by atoms with Crippen LogP contribution < -0.4 is 0 Å². The molecule has 0 atom stereocenters. The van der Waals surface area contributed by atoms with Crippen LogP contribution in [0.3, 0.4) is 0 Å². The van der Waals surface area contributed by atoms with Gasteiger partial charge in [0.05, 0.1) is 12.7 Å². The van der Waals surface area contributed by atoms with E-state index in [1.807, 2.05) is 0 Å². The van der Waals surface area contributed by atoms with Crippen LogP contribution in [-0.4, -0.2) is 36.5 Å². The van der Waals surface area contributed by atoms with E-state index in [2.05, 4.69) is 4.74 Å². The summed E-state index contributed by atoms with van der Waals surface area (Å²) in [4.78, 5) is 25.5. The van der Waals surface area contributed by atoms with E-state index in [1.165, 1.54) is 24.1 Å². The van der Waals surface area contributed by atoms with Crippen LogP contribution in [0.2, 0.25) is 5.02 Å². The average molecular weight is 314 g/mol. The quantitative estimate of drug-likeness (QED) is 0.803. The second-order valence-corrected chi connectivity index (χ2v) is 5.51. The number of nitrogens with zero attached hydrogens (tertiary/aromatic N) is 1. The molecule has 0 N–H and O–H groups in total. The van der Waals surface area contributed by atoms with Crippen molar-refractivity contribution in [3.05, 3.63) is 34.6 Å². The van der Waals surface area contributed by atoms with E-state index >= 15 is 0 Å². The summed E-state index contributed by atoms with van der Waals surface area (Å²) in [6.45, 7) is -0.165. The Morgan fingerprint density at radius 1 is 1.38 bits per heavy atom. The van der Waals surface area contributed by atoms with Gasteiger partial charge >= 0.3 is 5.97 Å². The zero-order chi connectivity index (χ0) is 15.4. The summed E-state index contributed by atoms with van der Waals surface area (Å²) >= 11 is 5.70. The Hall–Kier alpha value is -1.62. The number of rotatable bonds is 4. The van der Waals surface area contributed by atoms with E-state index in [1.54, 1.807) is 0 Å². The molecule has 1 aromatic carbocycles. The third-order valence-corrected chi connectivity index (χ3v) is 3.95. The van der Waals surface area contributed by atoms with Gasteiger partial charge in [0.15, 0.2) is 0 Å². The van der Waals surface area contributed by atoms with Crippen molar-refractivity contribution >= 4 is 23.5 Å². The van der Waals surface area contributed by atoms with E-state index < -0.39 is 17.7 Å². The summed E-state index contributed by atoms with van der Waals surface area (Å²) in [6.07, 6.45) is 3.63. The summed E-state index contributed by atoms with van der Waals surface area (Å²) in [6, 6.07) is 3.86. The normalized spacial score (nSPS) is 15.0. The highest BCUT2D eigenvalue weighted by atomic mass is 35.5. The van der Waals surface area contributed by atoms with Crippen molar-refractivity contribution in [2.45, 2.75) is 31.7 Å². The predicted molar refractivity (Wildman–Crippen MR) is 76.7 cm³/mol. The van der Waals surface area contributed by atoms with Crippen LogP contribution in [0, 0.1) is 5.82 Å². The van der Waals surface area contributed by atoms with Crippen LogP contribution in [-0.2, 0) is 9.53 Å². The van der Waals surface area contributed by atoms with Crippen molar-refractivity contribution in [1.82, 2.24) is 4.90 Å². The highest BCUT2D eigenvalue weighted by Gasteiger charge is 2.30. The summed E-state index contributed by atoms with van der Waals surface area (Å²) in [5.41, 5.74) is -0.0739. The molecule has 1 amide bonds. The molecule has 0 saturated heterocycles. The third kappa shape index (κ3) is 3.73. The molecule has 1 aliphatic rings. The minimum absolute atomic E-state index is 0.0494. The fourth-order valence-electron chi connectivity index (χ4n) is 2.60. The van der Waals surface area contributed by atoms with Crippen molar-refractivity contribution in [1.29, 1.82) is 0 Å². The molecule has 0 spiro atoms. The Morgan fingerprint density at radius 3 is 2.62 bits per heavy atom. The molecule has 1 aromatic rings. The molecule has 21 heavy (non-hydrogen) atoms. The van der Waals surface area contributed by atoms with Crippen LogP contribution in [0.15, 0.2) is 18.2 Å². The minimum Gasteiger partial charge on any atom is -0.468 e. The maximum Gasteiger partial charge on any atom is 0.325 e. The van der Waals surface area contributed by atoms with Crippen molar-refractivity contribution in [3.8, 4) is 0 Å². The molecule has 2 rings (SSSR count). The molecule has 0 heterocycles. The van der Waals surface area contributed by atoms with E-state index in [0.29, 0.717) is 0 Å². The Bertz CT molecular complexity index is 544. The van der Waals surface area contributed by atoms with Crippen molar-refractivity contribution < 1.29 is 18.7 Å². The molecule has 1 saturated carbocycles. The summed E-state index contributed by atoms with van der Waals surface area (Å²) in [5.74, 6) is -1.69. The van der Waals surface area contributed by atoms with Crippen LogP contribution in [0.5, 0.6) is 0 Å². The lowest BCUT2D eigenvalue weighted by atomic mass is 10.1. The molecule has 6 heteroatoms. The SMILES string of the molecule is COC(=O)CN(C(=O)c1ccc(Cl)cc1F)C1CCCC1. The van der Waals surface area contributed by atoms with Crippen LogP contribution in [0.25, 0.3) is 0 Å². The number of ether oxygens (including phenoxy) is 1. The number of hydrogen-bond donors (Lipinski definition) is 0. The zero-order valence-electron chi connectivity index (χ0n) is 11.8. The van der Waals surface area contributed by atoms with Gasteiger partial charge in [0.1, 0.15) is 12.4 Å². The van der Waals surface area contributed by atoms with Gasteiger partial charge in [0.2, 0.25) is 0 Å². The smallest absolute Gasteiger partial charge is 0.325 e. The van der Waals surface area contributed by atoms with Crippen molar-refractivity contribution in [2.75, 3.05) is 13.7 Å². The number of esters is 1. The second-order valence-electron chi connectivity index (χ2n) is 5.07. The Morgan fingerprint density at radius 2 is 2.05 bits per heavy atom. The topological polar surface area (TPSA) is 46.6 Å².